The first-order valence-electron chi connectivity index (χ1n) is 9.19. The van der Waals surface area contributed by atoms with Crippen molar-refractivity contribution in [3.05, 3.63) is 82.7 Å². The average molecular weight is 508 g/mol. The zero-order valence-corrected chi connectivity index (χ0v) is 19.1. The minimum Gasteiger partial charge on any atom is -0.352 e. The van der Waals surface area contributed by atoms with Gasteiger partial charge in [-0.2, -0.15) is 0 Å². The van der Waals surface area contributed by atoms with Crippen LogP contribution < -0.4 is 10.6 Å². The Labute approximate surface area is 187 Å². The summed E-state index contributed by atoms with van der Waals surface area (Å²) in [5, 5.41) is 14.9. The molecule has 0 fully saturated rings. The highest BCUT2D eigenvalue weighted by atomic mass is 127. The van der Waals surface area contributed by atoms with Crippen LogP contribution in [-0.2, 0) is 26.7 Å². The number of aliphatic imine (C=N–C) groups is 1. The summed E-state index contributed by atoms with van der Waals surface area (Å²) >= 11 is 0. The first-order valence-corrected chi connectivity index (χ1v) is 9.19. The van der Waals surface area contributed by atoms with Gasteiger partial charge in [0, 0.05) is 13.6 Å². The third kappa shape index (κ3) is 6.52. The highest BCUT2D eigenvalue weighted by Crippen LogP contribution is 2.10. The molecule has 0 unspecified atom stereocenters. The first kappa shape index (κ1) is 22.8. The molecule has 1 aromatic heterocycles. The second-order valence-electron chi connectivity index (χ2n) is 6.66. The van der Waals surface area contributed by atoms with Gasteiger partial charge >= 0.3 is 0 Å². The smallest absolute Gasteiger partial charge is 0.192 e. The van der Waals surface area contributed by atoms with Crippen molar-refractivity contribution in [1.29, 1.82) is 0 Å². The molecule has 29 heavy (non-hydrogen) atoms. The van der Waals surface area contributed by atoms with Crippen LogP contribution in [0.3, 0.4) is 0 Å². The molecule has 3 aromatic rings. The van der Waals surface area contributed by atoms with Crippen molar-refractivity contribution in [3.8, 4) is 0 Å². The van der Waals surface area contributed by atoms with Crippen LogP contribution >= 0.6 is 24.0 Å². The Bertz CT molecular complexity index is 955. The van der Waals surface area contributed by atoms with Crippen LogP contribution in [0.4, 0.5) is 4.39 Å². The van der Waals surface area contributed by atoms with Crippen molar-refractivity contribution in [2.75, 3.05) is 0 Å². The van der Waals surface area contributed by atoms with E-state index in [0.717, 1.165) is 22.8 Å². The molecule has 0 aliphatic rings. The summed E-state index contributed by atoms with van der Waals surface area (Å²) < 4.78 is 15.4. The summed E-state index contributed by atoms with van der Waals surface area (Å²) in [6.07, 6.45) is 0. The largest absolute Gasteiger partial charge is 0.352 e. The van der Waals surface area contributed by atoms with Crippen LogP contribution in [-0.4, -0.2) is 20.7 Å². The highest BCUT2D eigenvalue weighted by molar-refractivity contribution is 14.0. The maximum Gasteiger partial charge on any atom is 0.192 e. The zero-order chi connectivity index (χ0) is 19.9. The van der Waals surface area contributed by atoms with Crippen molar-refractivity contribution in [2.24, 2.45) is 12.0 Å². The number of hydrogen-bond acceptors (Lipinski definition) is 3. The summed E-state index contributed by atoms with van der Waals surface area (Å²) in [6.45, 7) is 5.26. The highest BCUT2D eigenvalue weighted by Gasteiger charge is 2.07. The van der Waals surface area contributed by atoms with E-state index in [0.29, 0.717) is 31.2 Å². The van der Waals surface area contributed by atoms with Crippen molar-refractivity contribution >= 4 is 29.9 Å². The van der Waals surface area contributed by atoms with E-state index in [1.54, 1.807) is 13.0 Å². The van der Waals surface area contributed by atoms with E-state index in [2.05, 4.69) is 38.0 Å². The van der Waals surface area contributed by atoms with E-state index in [-0.39, 0.29) is 29.8 Å². The molecule has 0 spiro atoms. The first-order chi connectivity index (χ1) is 13.5. The molecule has 0 atom stereocenters. The molecule has 0 amide bonds. The predicted molar refractivity (Wildman–Crippen MR) is 124 cm³/mol. The zero-order valence-electron chi connectivity index (χ0n) is 16.8. The van der Waals surface area contributed by atoms with Gasteiger partial charge < -0.3 is 15.2 Å². The van der Waals surface area contributed by atoms with Crippen LogP contribution in [0.2, 0.25) is 0 Å². The van der Waals surface area contributed by atoms with Gasteiger partial charge in [0.15, 0.2) is 11.8 Å². The van der Waals surface area contributed by atoms with Crippen molar-refractivity contribution in [1.82, 2.24) is 25.4 Å². The molecule has 154 valence electrons. The number of nitrogens with one attached hydrogen (secondary N) is 2. The fourth-order valence-corrected chi connectivity index (χ4v) is 2.70. The number of halogens is 2. The van der Waals surface area contributed by atoms with Gasteiger partial charge in [-0.05, 0) is 36.6 Å². The van der Waals surface area contributed by atoms with Crippen LogP contribution in [0.1, 0.15) is 28.3 Å². The number of rotatable bonds is 6. The minimum atomic E-state index is -0.203. The van der Waals surface area contributed by atoms with Crippen molar-refractivity contribution in [3.63, 3.8) is 0 Å². The monoisotopic (exact) mass is 508 g/mol. The van der Waals surface area contributed by atoms with E-state index >= 15 is 0 Å². The van der Waals surface area contributed by atoms with Gasteiger partial charge in [0.25, 0.3) is 0 Å². The predicted octanol–water partition coefficient (Wildman–Crippen LogP) is 3.62. The lowest BCUT2D eigenvalue weighted by atomic mass is 10.1. The lowest BCUT2D eigenvalue weighted by molar-refractivity contribution is 0.617. The van der Waals surface area contributed by atoms with E-state index in [9.17, 15) is 4.39 Å². The van der Waals surface area contributed by atoms with Crippen LogP contribution in [0.15, 0.2) is 53.5 Å². The van der Waals surface area contributed by atoms with Gasteiger partial charge in [0.2, 0.25) is 0 Å². The van der Waals surface area contributed by atoms with E-state index in [1.165, 1.54) is 6.07 Å². The Morgan fingerprint density at radius 3 is 2.38 bits per heavy atom. The second-order valence-corrected chi connectivity index (χ2v) is 6.66. The number of benzene rings is 2. The Hall–Kier alpha value is -2.49. The summed E-state index contributed by atoms with van der Waals surface area (Å²) in [5.74, 6) is 2.14. The van der Waals surface area contributed by atoms with E-state index < -0.39 is 0 Å². The topological polar surface area (TPSA) is 67.1 Å². The Morgan fingerprint density at radius 1 is 1.00 bits per heavy atom. The Kier molecular flexibility index (Phi) is 8.56. The van der Waals surface area contributed by atoms with Gasteiger partial charge in [0.05, 0.1) is 13.1 Å². The van der Waals surface area contributed by atoms with Crippen LogP contribution in [0, 0.1) is 19.7 Å². The molecule has 0 bridgehead atoms. The lowest BCUT2D eigenvalue weighted by Gasteiger charge is -2.13. The molecule has 3 rings (SSSR count). The summed E-state index contributed by atoms with van der Waals surface area (Å²) in [5.41, 5.74) is 2.73. The third-order valence-electron chi connectivity index (χ3n) is 4.54. The fourth-order valence-electron chi connectivity index (χ4n) is 2.70. The molecule has 8 heteroatoms. The Morgan fingerprint density at radius 2 is 1.72 bits per heavy atom. The summed E-state index contributed by atoms with van der Waals surface area (Å²) in [4.78, 5) is 4.65. The van der Waals surface area contributed by atoms with Crippen molar-refractivity contribution in [2.45, 2.75) is 33.5 Å². The number of guanidine groups is 1. The lowest BCUT2D eigenvalue weighted by Crippen LogP contribution is -2.37. The van der Waals surface area contributed by atoms with Crippen LogP contribution in [0.25, 0.3) is 0 Å². The molecule has 1 heterocycles. The van der Waals surface area contributed by atoms with Crippen molar-refractivity contribution < 1.29 is 4.39 Å². The maximum atomic E-state index is 13.5. The SMILES string of the molecule is Cc1cc(CN=C(NCc2ccccc2)NCc2nnc(C)n2C)ccc1F.I. The number of aryl methyl sites for hydroxylation is 2. The quantitative estimate of drug-likeness (QED) is 0.303. The molecule has 6 nitrogen and oxygen atoms in total. The molecular weight excluding hydrogens is 482 g/mol. The summed E-state index contributed by atoms with van der Waals surface area (Å²) in [6, 6.07) is 15.2. The second kappa shape index (κ2) is 10.9. The normalized spacial score (nSPS) is 11.1. The molecule has 2 N–H and O–H groups in total. The number of aromatic nitrogens is 3. The third-order valence-corrected chi connectivity index (χ3v) is 4.54. The number of hydrogen-bond donors (Lipinski definition) is 2. The Balaban J connectivity index is 0.00000300. The minimum absolute atomic E-state index is 0. The summed E-state index contributed by atoms with van der Waals surface area (Å²) in [7, 11) is 1.93. The molecule has 0 aliphatic heterocycles. The molecule has 0 aliphatic carbocycles. The molecule has 0 saturated heterocycles. The molecule has 0 radical (unpaired) electrons. The molecular formula is C21H26FIN6. The van der Waals surface area contributed by atoms with E-state index in [1.807, 2.05) is 42.8 Å². The average Bonchev–Trinajstić information content (AvgIpc) is 3.03. The van der Waals surface area contributed by atoms with Gasteiger partial charge in [-0.25, -0.2) is 9.38 Å². The van der Waals surface area contributed by atoms with E-state index in [4.69, 9.17) is 0 Å². The van der Waals surface area contributed by atoms with Gasteiger partial charge in [-0.3, -0.25) is 0 Å². The standard InChI is InChI=1S/C21H25FN6.HI/c1-15-11-18(9-10-19(15)22)13-24-21(23-12-17-7-5-4-6-8-17)25-14-20-27-26-16(2)28(20)3;/h4-11H,12-14H2,1-3H3,(H2,23,24,25);1H. The fraction of sp³-hybridized carbons (Fsp3) is 0.286. The molecule has 2 aromatic carbocycles. The van der Waals surface area contributed by atoms with Gasteiger partial charge in [0.1, 0.15) is 11.6 Å². The number of nitrogens with zero attached hydrogens (tertiary/aromatic N) is 4. The van der Waals surface area contributed by atoms with Gasteiger partial charge in [-0.1, -0.05) is 42.5 Å². The van der Waals surface area contributed by atoms with Gasteiger partial charge in [-0.15, -0.1) is 34.2 Å². The molecule has 0 saturated carbocycles. The van der Waals surface area contributed by atoms with Crippen LogP contribution in [0.5, 0.6) is 0 Å². The maximum absolute atomic E-state index is 13.5.